The van der Waals surface area contributed by atoms with Crippen molar-refractivity contribution >= 4 is 76.5 Å². The third-order valence-corrected chi connectivity index (χ3v) is 25.1. The highest BCUT2D eigenvalue weighted by atomic mass is 16.6. The number of urea groups is 1. The van der Waals surface area contributed by atoms with E-state index >= 15 is 0 Å². The van der Waals surface area contributed by atoms with Crippen molar-refractivity contribution in [1.29, 1.82) is 0 Å². The van der Waals surface area contributed by atoms with Gasteiger partial charge in [0.2, 0.25) is 47.3 Å². The van der Waals surface area contributed by atoms with Gasteiger partial charge in [0.05, 0.1) is 173 Å². The summed E-state index contributed by atoms with van der Waals surface area (Å²) >= 11 is 0. The van der Waals surface area contributed by atoms with Crippen LogP contribution in [0, 0.1) is 40.9 Å². The molecular weight excluding hydrogens is 1790 g/mol. The summed E-state index contributed by atoms with van der Waals surface area (Å²) in [7, 11) is 6.10. The predicted molar refractivity (Wildman–Crippen MR) is 529 cm³/mol. The van der Waals surface area contributed by atoms with E-state index in [2.05, 4.69) is 82.5 Å². The second-order valence-corrected chi connectivity index (χ2v) is 38.2. The zero-order valence-electron chi connectivity index (χ0n) is 85.8. The molecule has 3 aliphatic rings. The summed E-state index contributed by atoms with van der Waals surface area (Å²) in [5, 5.41) is 35.4. The number of nitrogens with zero attached hydrogens (tertiary/aromatic N) is 4. The summed E-state index contributed by atoms with van der Waals surface area (Å²) < 4.78 is 75.4. The topological polar surface area (TPSA) is 455 Å². The number of carbonyl (C=O) groups is 10. The first-order valence-corrected chi connectivity index (χ1v) is 49.6. The van der Waals surface area contributed by atoms with Gasteiger partial charge in [0.25, 0.3) is 0 Å². The molecule has 3 aromatic rings. The Balaban J connectivity index is 0.842. The van der Waals surface area contributed by atoms with Gasteiger partial charge in [-0.1, -0.05) is 132 Å². The Morgan fingerprint density at radius 3 is 1.73 bits per heavy atom. The third-order valence-electron chi connectivity index (χ3n) is 25.1. The molecule has 14 atom stereocenters. The van der Waals surface area contributed by atoms with Crippen molar-refractivity contribution in [2.45, 2.75) is 254 Å². The Bertz CT molecular complexity index is 4220. The van der Waals surface area contributed by atoms with Crippen molar-refractivity contribution in [3.63, 3.8) is 0 Å². The second-order valence-electron chi connectivity index (χ2n) is 38.2. The van der Waals surface area contributed by atoms with Gasteiger partial charge in [-0.3, -0.25) is 48.7 Å². The van der Waals surface area contributed by atoms with Crippen molar-refractivity contribution in [3.8, 4) is 5.75 Å². The Morgan fingerprint density at radius 1 is 0.597 bits per heavy atom. The molecule has 0 aromatic heterocycles. The molecule has 0 bridgehead atoms. The summed E-state index contributed by atoms with van der Waals surface area (Å²) in [5.41, 5.74) is 14.8. The first-order valence-electron chi connectivity index (χ1n) is 49.6. The first-order chi connectivity index (χ1) is 66.5. The lowest BCUT2D eigenvalue weighted by molar-refractivity contribution is -0.148. The third kappa shape index (κ3) is 42.3. The Kier molecular flexibility index (Phi) is 54.5. The van der Waals surface area contributed by atoms with Crippen LogP contribution in [0.25, 0.3) is 5.70 Å². The number of rotatable bonds is 66. The molecule has 3 aromatic carbocycles. The average molecular weight is 1960 g/mol. The molecule has 2 unspecified atom stereocenters. The molecule has 1 saturated heterocycles. The minimum absolute atomic E-state index is 0.0135. The molecule has 139 heavy (non-hydrogen) atoms. The largest absolute Gasteiger partial charge is 0.491 e. The summed E-state index contributed by atoms with van der Waals surface area (Å²) in [5.74, 6) is -4.43. The van der Waals surface area contributed by atoms with Crippen molar-refractivity contribution in [1.82, 2.24) is 52.0 Å². The molecule has 6 rings (SSSR count). The van der Waals surface area contributed by atoms with E-state index in [-0.39, 0.29) is 99.7 Å². The molecule has 782 valence electrons. The van der Waals surface area contributed by atoms with E-state index in [0.717, 1.165) is 54.8 Å². The quantitative estimate of drug-likeness (QED) is 0.0235. The second kappa shape index (κ2) is 64.1. The molecule has 0 spiro atoms. The van der Waals surface area contributed by atoms with E-state index in [1.807, 2.05) is 44.2 Å². The van der Waals surface area contributed by atoms with Crippen molar-refractivity contribution in [3.05, 3.63) is 101 Å². The number of benzene rings is 3. The molecule has 2 fully saturated rings. The van der Waals surface area contributed by atoms with E-state index in [0.29, 0.717) is 155 Å². The van der Waals surface area contributed by atoms with Gasteiger partial charge < -0.3 is 119 Å². The summed E-state index contributed by atoms with van der Waals surface area (Å²) in [6, 6.07) is 16.8. The first kappa shape index (κ1) is 118. The van der Waals surface area contributed by atoms with Crippen LogP contribution in [0.15, 0.2) is 89.5 Å². The van der Waals surface area contributed by atoms with Gasteiger partial charge in [-0.2, -0.15) is 5.10 Å². The number of hydrazone groups is 1. The zero-order valence-corrected chi connectivity index (χ0v) is 85.8. The van der Waals surface area contributed by atoms with Gasteiger partial charge in [-0.05, 0) is 159 Å². The number of aliphatic hydroxyl groups is 1. The lowest BCUT2D eigenvalue weighted by Crippen LogP contribution is -2.60. The maximum Gasteiger partial charge on any atom is 0.410 e. The predicted octanol–water partition coefficient (Wildman–Crippen LogP) is 9.40. The van der Waals surface area contributed by atoms with E-state index in [9.17, 15) is 53.1 Å². The fourth-order valence-corrected chi connectivity index (χ4v) is 17.0. The fourth-order valence-electron chi connectivity index (χ4n) is 17.0. The standard InChI is InChI=1S/C102H165N13O24/c1-19-70(8)92(84(127-17)64-87(118)115-45-25-31-83(115)94(128-18)71(9)95(120)106-73(11)93(119)76-26-21-20-22-27-76)113(15)99(124)89(68(4)5)110-98(123)91(69(6)7)114(16)101(126)139-65-74-32-36-77(37-33-74)107-96(121)82(30-24-44-104-100(103)125)108-97(122)88(67(2)3)109-86(117)43-47-130-49-51-132-53-55-133-56-58-135-60-62-137-78-28-23-29-81-80(41-40-78)72(10)111-112-90(81)75-34-38-79(39-35-75)138-63-61-136-59-57-134-54-52-131-50-48-129-46-42-85(116)105-66-102(12,13)14/h20-22,26-27,32-39,67-71,73,78,80,82-84,88-89,91-94,112,119H,19,23-25,28-31,40-66H2,1-18H3,(H,105,116)(H,106,120)(H,107,121)(H,108,122)(H,109,117)(H,110,123)(H3,103,104,125)/t70-,71+,73+,78?,80?,82-,83-,84+,88-,89-,91-,92-,93+,94+/m0/s1. The monoisotopic (exact) mass is 1960 g/mol. The fraction of sp³-hybridized carbons (Fsp3) is 0.696. The number of methoxy groups -OCH3 is 2. The number of nitrogens with one attached hydrogen (secondary N) is 8. The minimum atomic E-state index is -1.13. The molecule has 37 heteroatoms. The number of aliphatic hydroxyl groups excluding tert-OH is 1. The van der Waals surface area contributed by atoms with Crippen molar-refractivity contribution in [2.75, 3.05) is 172 Å². The highest BCUT2D eigenvalue weighted by Gasteiger charge is 2.45. The maximum atomic E-state index is 14.9. The smallest absolute Gasteiger partial charge is 0.410 e. The van der Waals surface area contributed by atoms with Gasteiger partial charge in [-0.15, -0.1) is 0 Å². The molecule has 11 amide bonds. The molecule has 37 nitrogen and oxygen atoms in total. The number of fused-ring (bicyclic) bond motifs is 1. The lowest BCUT2D eigenvalue weighted by atomic mass is 9.80. The van der Waals surface area contributed by atoms with Crippen molar-refractivity contribution in [2.24, 2.45) is 51.8 Å². The van der Waals surface area contributed by atoms with Crippen LogP contribution in [0.2, 0.25) is 0 Å². The zero-order chi connectivity index (χ0) is 102. The van der Waals surface area contributed by atoms with Crippen LogP contribution in [-0.2, 0) is 102 Å². The number of nitrogens with two attached hydrogens (primary N) is 1. The highest BCUT2D eigenvalue weighted by Crippen LogP contribution is 2.38. The van der Waals surface area contributed by atoms with Crippen LogP contribution in [0.5, 0.6) is 5.75 Å². The molecule has 11 N–H and O–H groups in total. The van der Waals surface area contributed by atoms with Crippen LogP contribution in [0.4, 0.5) is 15.3 Å². The molecule has 0 radical (unpaired) electrons. The number of hydrogen-bond donors (Lipinski definition) is 10. The number of ether oxygens (including phenoxy) is 13. The van der Waals surface area contributed by atoms with E-state index in [1.54, 1.807) is 109 Å². The number of amides is 11. The number of hydrogen-bond acceptors (Lipinski definition) is 26. The Morgan fingerprint density at radius 2 is 1.17 bits per heavy atom. The van der Waals surface area contributed by atoms with Gasteiger partial charge in [0.1, 0.15) is 43.1 Å². The number of likely N-dealkylation sites (tertiary alicyclic amines) is 1. The molecule has 1 aliphatic carbocycles. The Labute approximate surface area is 823 Å². The normalized spacial score (nSPS) is 17.5. The number of primary amides is 1. The molecular formula is C102H165N13O24. The van der Waals surface area contributed by atoms with Crippen LogP contribution >= 0.6 is 0 Å². The van der Waals surface area contributed by atoms with Crippen LogP contribution in [0.3, 0.4) is 0 Å². The van der Waals surface area contributed by atoms with Crippen LogP contribution in [0.1, 0.15) is 203 Å². The van der Waals surface area contributed by atoms with Gasteiger partial charge >= 0.3 is 12.1 Å². The molecule has 1 saturated carbocycles. The molecule has 2 heterocycles. The van der Waals surface area contributed by atoms with E-state index < -0.39 is 126 Å². The van der Waals surface area contributed by atoms with Crippen LogP contribution < -0.4 is 53.1 Å². The van der Waals surface area contributed by atoms with Crippen molar-refractivity contribution < 1.29 is 115 Å². The number of carbonyl (C=O) groups excluding carboxylic acids is 10. The average Bonchev–Trinajstić information content (AvgIpc) is 1.69. The summed E-state index contributed by atoms with van der Waals surface area (Å²) in [6.45, 7) is 34.1. The number of allylic oxidation sites excluding steroid dienone is 1. The van der Waals surface area contributed by atoms with Gasteiger partial charge in [0.15, 0.2) is 0 Å². The lowest BCUT2D eigenvalue weighted by Gasteiger charge is -2.41. The van der Waals surface area contributed by atoms with Gasteiger partial charge in [-0.25, -0.2) is 9.59 Å². The summed E-state index contributed by atoms with van der Waals surface area (Å²) in [6.07, 6.45) is 3.96. The number of likely N-dealkylation sites (N-methyl/N-ethyl adjacent to an activating group) is 2. The summed E-state index contributed by atoms with van der Waals surface area (Å²) in [4.78, 5) is 141. The minimum Gasteiger partial charge on any atom is -0.491 e. The Hall–Kier alpha value is -9.51. The van der Waals surface area contributed by atoms with Gasteiger partial charge in [0, 0.05) is 78.1 Å². The van der Waals surface area contributed by atoms with E-state index in [4.69, 9.17) is 72.4 Å². The molecule has 2 aliphatic heterocycles. The maximum absolute atomic E-state index is 14.9. The SMILES string of the molecule is CC[C@H](C)[C@@H]([C@@H](CC(=O)N1CCC[C@H]1[C@H](OC)[C@@H](C)C(=O)N[C@H](C)[C@@H](O)c1ccccc1)OC)N(C)C(=O)[C@@H](NC(=O)[C@H](C(C)C)N(C)C(=O)OCc1ccc(NC(=O)[C@H](CCCNC(N)=O)NC(=O)[C@@H](NC(=O)CCOCCOCCOCCOCCOC2CCCC3=C(c4ccc(OCCOCCOCCOCCOCCC(=O)NCC(C)(C)C)cc4)NN=C(C)C3CC2)C(C)C)cc1)C(C)C. The van der Waals surface area contributed by atoms with E-state index in [1.165, 1.54) is 31.7 Å². The number of anilines is 1. The highest BCUT2D eigenvalue weighted by molar-refractivity contribution is 5.99. The van der Waals surface area contributed by atoms with Crippen LogP contribution in [-0.4, -0.2) is 312 Å².